The van der Waals surface area contributed by atoms with Crippen LogP contribution in [0.1, 0.15) is 348 Å². The predicted octanol–water partition coefficient (Wildman–Crippen LogP) is 21.0. The summed E-state index contributed by atoms with van der Waals surface area (Å²) in [6.07, 6.45) is 79.9. The summed E-state index contributed by atoms with van der Waals surface area (Å²) in [6.45, 7) is 4.70. The lowest BCUT2D eigenvalue weighted by atomic mass is 10.0. The highest BCUT2D eigenvalue weighted by atomic mass is 31.2. The molecule has 1 amide bonds. The summed E-state index contributed by atoms with van der Waals surface area (Å²) in [5, 5.41) is 13.9. The molecule has 0 spiro atoms. The number of quaternary nitrogens is 1. The topological polar surface area (TPSA) is 108 Å². The minimum absolute atomic E-state index is 0.000541. The summed E-state index contributed by atoms with van der Waals surface area (Å²) in [5.41, 5.74) is 0. The number of amides is 1. The van der Waals surface area contributed by atoms with Crippen LogP contribution in [0.25, 0.3) is 0 Å². The molecule has 3 unspecified atom stereocenters. The molecule has 2 N–H and O–H groups in total. The molecule has 78 heavy (non-hydrogen) atoms. The molecule has 0 aromatic heterocycles. The van der Waals surface area contributed by atoms with Crippen molar-refractivity contribution in [2.24, 2.45) is 0 Å². The number of aliphatic hydroxyl groups excluding tert-OH is 1. The number of carbonyl (C=O) groups is 1. The predicted molar refractivity (Wildman–Crippen MR) is 339 cm³/mol. The number of hydrogen-bond donors (Lipinski definition) is 2. The fourth-order valence-electron chi connectivity index (χ4n) is 10.5. The SMILES string of the molecule is CCCCCCCCCCCCCCCCC/C=C\C/C=C\CCCCCCCCCCCCCCCCCCCC(=O)NC(COP(=O)([O-])OCC[N+](C)(C)C)C(O)/C=C/CCCCCCCCCCCCCCCCC. The van der Waals surface area contributed by atoms with Gasteiger partial charge in [-0.1, -0.05) is 326 Å². The van der Waals surface area contributed by atoms with Crippen LogP contribution in [-0.4, -0.2) is 68.5 Å². The Morgan fingerprint density at radius 2 is 0.744 bits per heavy atom. The van der Waals surface area contributed by atoms with Crippen molar-refractivity contribution < 1.29 is 32.9 Å². The van der Waals surface area contributed by atoms with Gasteiger partial charge >= 0.3 is 0 Å². The van der Waals surface area contributed by atoms with E-state index < -0.39 is 20.0 Å². The molecule has 0 aliphatic heterocycles. The number of phosphoric acid groups is 1. The minimum atomic E-state index is -4.60. The third kappa shape index (κ3) is 62.3. The Bertz CT molecular complexity index is 1360. The Hall–Kier alpha value is -1.28. The van der Waals surface area contributed by atoms with E-state index in [0.717, 1.165) is 44.9 Å². The van der Waals surface area contributed by atoms with Crippen LogP contribution in [0.3, 0.4) is 0 Å². The normalized spacial score (nSPS) is 13.9. The maximum atomic E-state index is 13.0. The molecule has 0 heterocycles. The van der Waals surface area contributed by atoms with Crippen LogP contribution < -0.4 is 10.2 Å². The highest BCUT2D eigenvalue weighted by Crippen LogP contribution is 2.38. The lowest BCUT2D eigenvalue weighted by Crippen LogP contribution is -2.45. The van der Waals surface area contributed by atoms with E-state index in [0.29, 0.717) is 17.4 Å². The van der Waals surface area contributed by atoms with E-state index in [9.17, 15) is 19.4 Å². The van der Waals surface area contributed by atoms with Crippen LogP contribution in [0.15, 0.2) is 36.5 Å². The second-order valence-corrected chi connectivity index (χ2v) is 26.3. The molecule has 0 fully saturated rings. The maximum Gasteiger partial charge on any atom is 0.268 e. The van der Waals surface area contributed by atoms with Gasteiger partial charge in [-0.05, 0) is 51.4 Å². The fraction of sp³-hybridized carbons (Fsp3) is 0.899. The Labute approximate surface area is 487 Å². The Morgan fingerprint density at radius 1 is 0.449 bits per heavy atom. The highest BCUT2D eigenvalue weighted by molar-refractivity contribution is 7.45. The van der Waals surface area contributed by atoms with Gasteiger partial charge in [-0.2, -0.15) is 0 Å². The molecule has 0 saturated heterocycles. The van der Waals surface area contributed by atoms with Gasteiger partial charge in [-0.25, -0.2) is 0 Å². The number of hydrogen-bond acceptors (Lipinski definition) is 6. The highest BCUT2D eigenvalue weighted by Gasteiger charge is 2.23. The molecular weight excluding hydrogens is 984 g/mol. The van der Waals surface area contributed by atoms with Gasteiger partial charge in [0.2, 0.25) is 5.91 Å². The monoisotopic (exact) mass is 1120 g/mol. The molecule has 0 aliphatic carbocycles. The summed E-state index contributed by atoms with van der Waals surface area (Å²) >= 11 is 0. The second kappa shape index (κ2) is 60.3. The van der Waals surface area contributed by atoms with Crippen molar-refractivity contribution in [2.75, 3.05) is 40.9 Å². The van der Waals surface area contributed by atoms with Crippen LogP contribution >= 0.6 is 7.82 Å². The third-order valence-electron chi connectivity index (χ3n) is 15.8. The Kier molecular flexibility index (Phi) is 59.3. The number of nitrogens with zero attached hydrogens (tertiary/aromatic N) is 1. The fourth-order valence-corrected chi connectivity index (χ4v) is 11.2. The van der Waals surface area contributed by atoms with Gasteiger partial charge in [0, 0.05) is 6.42 Å². The van der Waals surface area contributed by atoms with E-state index in [1.807, 2.05) is 27.2 Å². The van der Waals surface area contributed by atoms with E-state index in [-0.39, 0.29) is 19.1 Å². The van der Waals surface area contributed by atoms with Crippen molar-refractivity contribution in [3.63, 3.8) is 0 Å². The maximum absolute atomic E-state index is 13.0. The second-order valence-electron chi connectivity index (χ2n) is 24.9. The molecular formula is C69H135N2O6P. The molecule has 0 aromatic carbocycles. The first-order chi connectivity index (χ1) is 38.0. The van der Waals surface area contributed by atoms with Crippen molar-refractivity contribution in [1.29, 1.82) is 0 Å². The average Bonchev–Trinajstić information content (AvgIpc) is 3.40. The molecule has 0 aliphatic rings. The summed E-state index contributed by atoms with van der Waals surface area (Å²) in [7, 11) is 1.27. The van der Waals surface area contributed by atoms with Crippen molar-refractivity contribution in [1.82, 2.24) is 5.32 Å². The number of aliphatic hydroxyl groups is 1. The zero-order chi connectivity index (χ0) is 57.0. The van der Waals surface area contributed by atoms with Gasteiger partial charge in [-0.15, -0.1) is 0 Å². The van der Waals surface area contributed by atoms with Crippen LogP contribution in [0, 0.1) is 0 Å². The number of unbranched alkanes of at least 4 members (excludes halogenated alkanes) is 47. The summed E-state index contributed by atoms with van der Waals surface area (Å²) in [5.74, 6) is -0.192. The van der Waals surface area contributed by atoms with Gasteiger partial charge in [0.25, 0.3) is 7.82 Å². The van der Waals surface area contributed by atoms with Crippen LogP contribution in [0.2, 0.25) is 0 Å². The largest absolute Gasteiger partial charge is 0.756 e. The van der Waals surface area contributed by atoms with E-state index in [1.165, 1.54) is 283 Å². The number of nitrogens with one attached hydrogen (secondary N) is 1. The quantitative estimate of drug-likeness (QED) is 0.0272. The summed E-state index contributed by atoms with van der Waals surface area (Å²) in [6, 6.07) is -0.886. The molecule has 0 saturated carbocycles. The smallest absolute Gasteiger partial charge is 0.268 e. The molecule has 3 atom stereocenters. The number of rotatable bonds is 64. The van der Waals surface area contributed by atoms with E-state index in [4.69, 9.17) is 9.05 Å². The third-order valence-corrected chi connectivity index (χ3v) is 16.8. The Balaban J connectivity index is 3.93. The van der Waals surface area contributed by atoms with Crippen molar-refractivity contribution in [3.8, 4) is 0 Å². The Morgan fingerprint density at radius 3 is 1.06 bits per heavy atom. The van der Waals surface area contributed by atoms with E-state index >= 15 is 0 Å². The van der Waals surface area contributed by atoms with Gasteiger partial charge in [0.15, 0.2) is 0 Å². The molecule has 0 radical (unpaired) electrons. The van der Waals surface area contributed by atoms with Crippen LogP contribution in [0.5, 0.6) is 0 Å². The minimum Gasteiger partial charge on any atom is -0.756 e. The number of likely N-dealkylation sites (N-methyl/N-ethyl adjacent to an activating group) is 1. The molecule has 8 nitrogen and oxygen atoms in total. The van der Waals surface area contributed by atoms with Gasteiger partial charge in [-0.3, -0.25) is 9.36 Å². The van der Waals surface area contributed by atoms with Crippen molar-refractivity contribution >= 4 is 13.7 Å². The molecule has 9 heteroatoms. The van der Waals surface area contributed by atoms with Crippen molar-refractivity contribution in [2.45, 2.75) is 360 Å². The van der Waals surface area contributed by atoms with Crippen molar-refractivity contribution in [3.05, 3.63) is 36.5 Å². The van der Waals surface area contributed by atoms with E-state index in [1.54, 1.807) is 6.08 Å². The van der Waals surface area contributed by atoms with Gasteiger partial charge < -0.3 is 28.8 Å². The lowest BCUT2D eigenvalue weighted by molar-refractivity contribution is -0.870. The van der Waals surface area contributed by atoms with Crippen LogP contribution in [-0.2, 0) is 18.4 Å². The zero-order valence-corrected chi connectivity index (χ0v) is 53.8. The first-order valence-corrected chi connectivity index (χ1v) is 35.8. The van der Waals surface area contributed by atoms with E-state index in [2.05, 4.69) is 43.5 Å². The average molecular weight is 1120 g/mol. The number of carbonyl (C=O) groups excluding carboxylic acids is 1. The molecule has 0 aromatic rings. The number of phosphoric ester groups is 1. The first kappa shape index (κ1) is 76.7. The van der Waals surface area contributed by atoms with Gasteiger partial charge in [0.1, 0.15) is 13.2 Å². The number of allylic oxidation sites excluding steroid dienone is 5. The molecule has 0 rings (SSSR count). The summed E-state index contributed by atoms with van der Waals surface area (Å²) in [4.78, 5) is 25.6. The lowest BCUT2D eigenvalue weighted by Gasteiger charge is -2.29. The summed E-state index contributed by atoms with van der Waals surface area (Å²) < 4.78 is 23.4. The zero-order valence-electron chi connectivity index (χ0n) is 52.9. The van der Waals surface area contributed by atoms with Gasteiger partial charge in [0.05, 0.1) is 39.9 Å². The first-order valence-electron chi connectivity index (χ1n) is 34.4. The van der Waals surface area contributed by atoms with Crippen LogP contribution in [0.4, 0.5) is 0 Å². The molecule has 0 bridgehead atoms. The molecule has 462 valence electrons. The standard InChI is InChI=1S/C69H135N2O6P/c1-6-8-10-12-14-16-18-20-22-24-25-26-27-28-29-30-31-32-33-34-35-36-37-38-39-40-41-42-43-44-45-47-49-51-53-55-57-59-61-63-69(73)70-67(66-77-78(74,75)76-65-64-71(3,4)5)68(72)62-60-58-56-54-52-50-48-46-23-21-19-17-15-13-11-9-7-2/h31-32,34-35,60,62,67-68,72H,6-30,33,36-59,61,63-66H2,1-5H3,(H-,70,73,74,75)/b32-31-,35-34-,62-60+.